The smallest absolute Gasteiger partial charge is 0.227 e. The van der Waals surface area contributed by atoms with Crippen molar-refractivity contribution in [3.05, 3.63) is 28.2 Å². The summed E-state index contributed by atoms with van der Waals surface area (Å²) in [5.41, 5.74) is 5.27. The molecule has 1 rings (SSSR count). The topological polar surface area (TPSA) is 55.1 Å². The Balaban J connectivity index is 2.81. The van der Waals surface area contributed by atoms with Crippen LogP contribution in [0.5, 0.6) is 0 Å². The highest BCUT2D eigenvalue weighted by Gasteiger charge is 2.15. The highest BCUT2D eigenvalue weighted by Crippen LogP contribution is 2.24. The van der Waals surface area contributed by atoms with Crippen LogP contribution in [0.2, 0.25) is 0 Å². The van der Waals surface area contributed by atoms with E-state index in [4.69, 9.17) is 5.73 Å². The van der Waals surface area contributed by atoms with Gasteiger partial charge in [0, 0.05) is 12.0 Å². The van der Waals surface area contributed by atoms with Crippen molar-refractivity contribution in [3.8, 4) is 0 Å². The molecule has 0 fully saturated rings. The fourth-order valence-corrected chi connectivity index (χ4v) is 1.60. The number of nitrogens with two attached hydrogens (primary N) is 1. The number of anilines is 1. The van der Waals surface area contributed by atoms with E-state index in [0.717, 1.165) is 0 Å². The summed E-state index contributed by atoms with van der Waals surface area (Å²) in [7, 11) is 0. The lowest BCUT2D eigenvalue weighted by atomic mass is 10.1. The molecule has 3 nitrogen and oxygen atoms in total. The van der Waals surface area contributed by atoms with E-state index >= 15 is 0 Å². The summed E-state index contributed by atoms with van der Waals surface area (Å²) in [6, 6.07) is 1.91. The molecule has 0 radical (unpaired) electrons. The first kappa shape index (κ1) is 14.1. The molecule has 1 amide bonds. The third kappa shape index (κ3) is 3.74. The van der Waals surface area contributed by atoms with Crippen molar-refractivity contribution >= 4 is 27.5 Å². The molecule has 6 heteroatoms. The van der Waals surface area contributed by atoms with Gasteiger partial charge in [-0.3, -0.25) is 4.79 Å². The van der Waals surface area contributed by atoms with Crippen LogP contribution in [0.1, 0.15) is 13.3 Å². The van der Waals surface area contributed by atoms with Crippen molar-refractivity contribution in [2.45, 2.75) is 13.3 Å². The van der Waals surface area contributed by atoms with Crippen LogP contribution in [-0.4, -0.2) is 12.5 Å². The third-order valence-electron chi connectivity index (χ3n) is 2.32. The van der Waals surface area contributed by atoms with Crippen molar-refractivity contribution in [1.29, 1.82) is 0 Å². The fourth-order valence-electron chi connectivity index (χ4n) is 1.26. The normalized spacial score (nSPS) is 12.3. The van der Waals surface area contributed by atoms with E-state index in [-0.39, 0.29) is 22.0 Å². The maximum atomic E-state index is 13.3. The molecule has 0 aromatic heterocycles. The monoisotopic (exact) mass is 306 g/mol. The average Bonchev–Trinajstić information content (AvgIpc) is 2.26. The van der Waals surface area contributed by atoms with E-state index in [1.54, 1.807) is 6.92 Å². The summed E-state index contributed by atoms with van der Waals surface area (Å²) in [5, 5.41) is 2.40. The van der Waals surface area contributed by atoms with E-state index in [1.807, 2.05) is 0 Å². The minimum atomic E-state index is -0.806. The quantitative estimate of drug-likeness (QED) is 0.840. The molecule has 0 aliphatic heterocycles. The maximum Gasteiger partial charge on any atom is 0.227 e. The minimum absolute atomic E-state index is 0.0489. The van der Waals surface area contributed by atoms with Crippen LogP contribution in [0, 0.1) is 17.6 Å². The van der Waals surface area contributed by atoms with Gasteiger partial charge in [-0.1, -0.05) is 6.92 Å². The molecule has 0 aliphatic rings. The van der Waals surface area contributed by atoms with Crippen molar-refractivity contribution < 1.29 is 13.6 Å². The molecule has 0 aliphatic carbocycles. The SMILES string of the molecule is CC(CCN)C(=O)Nc1cc(Br)c(F)cc1F. The molecule has 1 aromatic carbocycles. The first-order valence-electron chi connectivity index (χ1n) is 5.11. The van der Waals surface area contributed by atoms with Gasteiger partial charge in [-0.05, 0) is 35.0 Å². The van der Waals surface area contributed by atoms with E-state index in [1.165, 1.54) is 6.07 Å². The standard InChI is InChI=1S/C11H13BrF2N2O/c1-6(2-3-15)11(17)16-10-4-7(12)8(13)5-9(10)14/h4-6H,2-3,15H2,1H3,(H,16,17). The number of halogens is 3. The van der Waals surface area contributed by atoms with Gasteiger partial charge >= 0.3 is 0 Å². The van der Waals surface area contributed by atoms with Crippen molar-refractivity contribution in [3.63, 3.8) is 0 Å². The van der Waals surface area contributed by atoms with Crippen LogP contribution < -0.4 is 11.1 Å². The van der Waals surface area contributed by atoms with Gasteiger partial charge in [0.1, 0.15) is 11.6 Å². The molecular formula is C11H13BrF2N2O. The van der Waals surface area contributed by atoms with E-state index in [9.17, 15) is 13.6 Å². The van der Waals surface area contributed by atoms with Gasteiger partial charge in [0.25, 0.3) is 0 Å². The first-order chi connectivity index (χ1) is 7.95. The zero-order chi connectivity index (χ0) is 13.0. The van der Waals surface area contributed by atoms with Gasteiger partial charge in [-0.2, -0.15) is 0 Å². The molecule has 0 heterocycles. The highest BCUT2D eigenvalue weighted by molar-refractivity contribution is 9.10. The Morgan fingerprint density at radius 1 is 1.47 bits per heavy atom. The summed E-state index contributed by atoms with van der Waals surface area (Å²) in [4.78, 5) is 11.6. The lowest BCUT2D eigenvalue weighted by Crippen LogP contribution is -2.23. The van der Waals surface area contributed by atoms with Crippen LogP contribution in [0.3, 0.4) is 0 Å². The molecule has 17 heavy (non-hydrogen) atoms. The molecule has 3 N–H and O–H groups in total. The highest BCUT2D eigenvalue weighted by atomic mass is 79.9. The molecular weight excluding hydrogens is 294 g/mol. The van der Waals surface area contributed by atoms with Crippen LogP contribution in [0.25, 0.3) is 0 Å². The molecule has 0 saturated carbocycles. The number of rotatable bonds is 4. The number of nitrogens with one attached hydrogen (secondary N) is 1. The predicted octanol–water partition coefficient (Wildman–Crippen LogP) is 2.65. The second-order valence-corrected chi connectivity index (χ2v) is 4.57. The van der Waals surface area contributed by atoms with E-state index in [2.05, 4.69) is 21.2 Å². The third-order valence-corrected chi connectivity index (χ3v) is 2.92. The van der Waals surface area contributed by atoms with Crippen molar-refractivity contribution in [1.82, 2.24) is 0 Å². The number of carbonyl (C=O) groups excluding carboxylic acids is 1. The van der Waals surface area contributed by atoms with Gasteiger partial charge in [0.2, 0.25) is 5.91 Å². The summed E-state index contributed by atoms with van der Waals surface area (Å²) in [5.74, 6) is -2.18. The fraction of sp³-hybridized carbons (Fsp3) is 0.364. The van der Waals surface area contributed by atoms with Gasteiger partial charge in [0.15, 0.2) is 0 Å². The number of carbonyl (C=O) groups is 1. The Labute approximate surface area is 107 Å². The number of amides is 1. The molecule has 0 saturated heterocycles. The second kappa shape index (κ2) is 6.07. The van der Waals surface area contributed by atoms with Crippen molar-refractivity contribution in [2.24, 2.45) is 11.7 Å². The minimum Gasteiger partial charge on any atom is -0.330 e. The Kier molecular flexibility index (Phi) is 5.02. The summed E-state index contributed by atoms with van der Waals surface area (Å²) < 4.78 is 26.4. The van der Waals surface area contributed by atoms with Gasteiger partial charge in [0.05, 0.1) is 10.2 Å². The van der Waals surface area contributed by atoms with Crippen LogP contribution in [0.15, 0.2) is 16.6 Å². The Hall–Kier alpha value is -1.01. The number of benzene rings is 1. The summed E-state index contributed by atoms with van der Waals surface area (Å²) >= 11 is 2.92. The van der Waals surface area contributed by atoms with E-state index in [0.29, 0.717) is 19.0 Å². The van der Waals surface area contributed by atoms with Crippen LogP contribution >= 0.6 is 15.9 Å². The predicted molar refractivity (Wildman–Crippen MR) is 65.5 cm³/mol. The zero-order valence-electron chi connectivity index (χ0n) is 9.27. The lowest BCUT2D eigenvalue weighted by Gasteiger charge is -2.12. The summed E-state index contributed by atoms with van der Waals surface area (Å²) in [6.07, 6.45) is 0.510. The van der Waals surface area contributed by atoms with Gasteiger partial charge < -0.3 is 11.1 Å². The van der Waals surface area contributed by atoms with Gasteiger partial charge in [-0.25, -0.2) is 8.78 Å². The first-order valence-corrected chi connectivity index (χ1v) is 5.90. The van der Waals surface area contributed by atoms with Crippen molar-refractivity contribution in [2.75, 3.05) is 11.9 Å². The number of hydrogen-bond donors (Lipinski definition) is 2. The maximum absolute atomic E-state index is 13.3. The number of hydrogen-bond acceptors (Lipinski definition) is 2. The Morgan fingerprint density at radius 3 is 2.71 bits per heavy atom. The molecule has 1 unspecified atom stereocenters. The summed E-state index contributed by atoms with van der Waals surface area (Å²) in [6.45, 7) is 2.07. The molecule has 1 atom stereocenters. The van der Waals surface area contributed by atoms with Gasteiger partial charge in [-0.15, -0.1) is 0 Å². The molecule has 1 aromatic rings. The largest absolute Gasteiger partial charge is 0.330 e. The Morgan fingerprint density at radius 2 is 2.12 bits per heavy atom. The molecule has 0 bridgehead atoms. The molecule has 94 valence electrons. The molecule has 0 spiro atoms. The van der Waals surface area contributed by atoms with Crippen LogP contribution in [-0.2, 0) is 4.79 Å². The van der Waals surface area contributed by atoms with Crippen LogP contribution in [0.4, 0.5) is 14.5 Å². The average molecular weight is 307 g/mol. The van der Waals surface area contributed by atoms with E-state index < -0.39 is 11.6 Å². The second-order valence-electron chi connectivity index (χ2n) is 3.71. The lowest BCUT2D eigenvalue weighted by molar-refractivity contribution is -0.119. The zero-order valence-corrected chi connectivity index (χ0v) is 10.9. The Bertz CT molecular complexity index is 426.